The minimum Gasteiger partial charge on any atom is -0.396 e. The number of rotatable bonds is 4. The molecule has 0 radical (unpaired) electrons. The van der Waals surface area contributed by atoms with Gasteiger partial charge in [-0.15, -0.1) is 0 Å². The topological polar surface area (TPSA) is 74.4 Å². The monoisotopic (exact) mass is 320 g/mol. The van der Waals surface area contributed by atoms with Crippen LogP contribution in [0.1, 0.15) is 28.9 Å². The van der Waals surface area contributed by atoms with Gasteiger partial charge in [-0.2, -0.15) is 0 Å². The number of aromatic amines is 1. The van der Waals surface area contributed by atoms with E-state index >= 15 is 0 Å². The molecule has 1 saturated heterocycles. The third-order valence-electron chi connectivity index (χ3n) is 4.69. The van der Waals surface area contributed by atoms with Gasteiger partial charge in [0, 0.05) is 41.8 Å². The van der Waals surface area contributed by atoms with Crippen molar-refractivity contribution >= 4 is 16.8 Å². The number of nitrogens with one attached hydrogen (secondary N) is 2. The van der Waals surface area contributed by atoms with Gasteiger partial charge < -0.3 is 20.1 Å². The number of ether oxygens (including phenoxy) is 1. The average molecular weight is 320 g/mol. The van der Waals surface area contributed by atoms with Gasteiger partial charge in [-0.3, -0.25) is 4.79 Å². The fraction of sp³-hybridized carbons (Fsp3) is 0.471. The van der Waals surface area contributed by atoms with Crippen molar-refractivity contribution in [3.8, 4) is 0 Å². The lowest BCUT2D eigenvalue weighted by atomic mass is 9.81. The second-order valence-corrected chi connectivity index (χ2v) is 6.27. The van der Waals surface area contributed by atoms with Crippen LogP contribution in [-0.2, 0) is 4.74 Å². The predicted octanol–water partition coefficient (Wildman–Crippen LogP) is 2.13. The SMILES string of the molecule is Cc1[nH]c2ccc(F)cc2c1C(=O)NCC1(CO)CCOCC1. The third-order valence-corrected chi connectivity index (χ3v) is 4.69. The highest BCUT2D eigenvalue weighted by Gasteiger charge is 2.32. The molecule has 3 N–H and O–H groups in total. The number of fused-ring (bicyclic) bond motifs is 1. The van der Waals surface area contributed by atoms with Gasteiger partial charge in [-0.05, 0) is 38.0 Å². The minimum absolute atomic E-state index is 0.0120. The van der Waals surface area contributed by atoms with Crippen LogP contribution < -0.4 is 5.32 Å². The standard InChI is InChI=1S/C17H21FN2O3/c1-11-15(13-8-12(18)2-3-14(13)20-11)16(22)19-9-17(10-21)4-6-23-7-5-17/h2-3,8,20-21H,4-7,9-10H2,1H3,(H,19,22). The zero-order chi connectivity index (χ0) is 16.4. The van der Waals surface area contributed by atoms with Crippen molar-refractivity contribution in [2.75, 3.05) is 26.4 Å². The summed E-state index contributed by atoms with van der Waals surface area (Å²) >= 11 is 0. The molecule has 1 aromatic heterocycles. The molecule has 3 rings (SSSR count). The molecule has 2 aromatic rings. The molecule has 23 heavy (non-hydrogen) atoms. The fourth-order valence-corrected chi connectivity index (χ4v) is 3.14. The number of benzene rings is 1. The molecular formula is C17H21FN2O3. The van der Waals surface area contributed by atoms with Crippen LogP contribution in [0.5, 0.6) is 0 Å². The van der Waals surface area contributed by atoms with Crippen molar-refractivity contribution in [1.82, 2.24) is 10.3 Å². The van der Waals surface area contributed by atoms with Gasteiger partial charge in [-0.25, -0.2) is 4.39 Å². The molecule has 0 unspecified atom stereocenters. The molecule has 5 nitrogen and oxygen atoms in total. The number of carbonyl (C=O) groups is 1. The zero-order valence-corrected chi connectivity index (χ0v) is 13.1. The fourth-order valence-electron chi connectivity index (χ4n) is 3.14. The first kappa shape index (κ1) is 16.0. The van der Waals surface area contributed by atoms with Crippen LogP contribution in [-0.4, -0.2) is 42.4 Å². The van der Waals surface area contributed by atoms with Gasteiger partial charge in [0.1, 0.15) is 5.82 Å². The Morgan fingerprint density at radius 2 is 2.17 bits per heavy atom. The van der Waals surface area contributed by atoms with Gasteiger partial charge in [0.15, 0.2) is 0 Å². The lowest BCUT2D eigenvalue weighted by Gasteiger charge is -2.35. The molecule has 124 valence electrons. The highest BCUT2D eigenvalue weighted by Crippen LogP contribution is 2.29. The second-order valence-electron chi connectivity index (χ2n) is 6.27. The zero-order valence-electron chi connectivity index (χ0n) is 13.1. The largest absolute Gasteiger partial charge is 0.396 e. The van der Waals surface area contributed by atoms with Gasteiger partial charge >= 0.3 is 0 Å². The summed E-state index contributed by atoms with van der Waals surface area (Å²) < 4.78 is 18.8. The van der Waals surface area contributed by atoms with Gasteiger partial charge in [0.05, 0.1) is 12.2 Å². The van der Waals surface area contributed by atoms with Crippen LogP contribution in [0.15, 0.2) is 18.2 Å². The van der Waals surface area contributed by atoms with E-state index in [2.05, 4.69) is 10.3 Å². The van der Waals surface area contributed by atoms with E-state index in [0.717, 1.165) is 5.52 Å². The van der Waals surface area contributed by atoms with E-state index in [1.165, 1.54) is 12.1 Å². The number of aliphatic hydroxyl groups is 1. The summed E-state index contributed by atoms with van der Waals surface area (Å²) in [7, 11) is 0. The summed E-state index contributed by atoms with van der Waals surface area (Å²) in [5, 5.41) is 13.2. The molecular weight excluding hydrogens is 299 g/mol. The molecule has 1 aliphatic rings. The lowest BCUT2D eigenvalue weighted by molar-refractivity contribution is -0.0146. The van der Waals surface area contributed by atoms with Crippen LogP contribution >= 0.6 is 0 Å². The van der Waals surface area contributed by atoms with Crippen LogP contribution in [0.3, 0.4) is 0 Å². The maximum atomic E-state index is 13.5. The van der Waals surface area contributed by atoms with Gasteiger partial charge in [-0.1, -0.05) is 0 Å². The smallest absolute Gasteiger partial charge is 0.253 e. The first-order chi connectivity index (χ1) is 11.0. The molecule has 2 heterocycles. The predicted molar refractivity (Wildman–Crippen MR) is 84.9 cm³/mol. The molecule has 1 aliphatic heterocycles. The van der Waals surface area contributed by atoms with Crippen molar-refractivity contribution in [1.29, 1.82) is 0 Å². The van der Waals surface area contributed by atoms with Crippen molar-refractivity contribution < 1.29 is 19.0 Å². The molecule has 1 aromatic carbocycles. The maximum absolute atomic E-state index is 13.5. The number of hydrogen-bond acceptors (Lipinski definition) is 3. The number of H-pyrrole nitrogens is 1. The van der Waals surface area contributed by atoms with Crippen molar-refractivity contribution in [2.45, 2.75) is 19.8 Å². The Morgan fingerprint density at radius 1 is 1.43 bits per heavy atom. The Labute approximate surface area is 133 Å². The van der Waals surface area contributed by atoms with Crippen LogP contribution in [0, 0.1) is 18.2 Å². The number of carbonyl (C=O) groups excluding carboxylic acids is 1. The minimum atomic E-state index is -0.373. The lowest BCUT2D eigenvalue weighted by Crippen LogP contribution is -2.43. The summed E-state index contributed by atoms with van der Waals surface area (Å²) in [6.07, 6.45) is 1.43. The van der Waals surface area contributed by atoms with E-state index in [0.29, 0.717) is 49.2 Å². The summed E-state index contributed by atoms with van der Waals surface area (Å²) in [6.45, 7) is 3.37. The van der Waals surface area contributed by atoms with E-state index in [1.54, 1.807) is 13.0 Å². The Hall–Kier alpha value is -1.92. The average Bonchev–Trinajstić information content (AvgIpc) is 2.88. The van der Waals surface area contributed by atoms with E-state index < -0.39 is 0 Å². The van der Waals surface area contributed by atoms with E-state index in [9.17, 15) is 14.3 Å². The highest BCUT2D eigenvalue weighted by atomic mass is 19.1. The molecule has 0 bridgehead atoms. The normalized spacial score (nSPS) is 17.3. The molecule has 0 saturated carbocycles. The molecule has 0 atom stereocenters. The first-order valence-electron chi connectivity index (χ1n) is 7.79. The number of halogens is 1. The van der Waals surface area contributed by atoms with Crippen LogP contribution in [0.2, 0.25) is 0 Å². The Morgan fingerprint density at radius 3 is 2.87 bits per heavy atom. The van der Waals surface area contributed by atoms with Crippen molar-refractivity contribution in [3.05, 3.63) is 35.3 Å². The number of hydrogen-bond donors (Lipinski definition) is 3. The summed E-state index contributed by atoms with van der Waals surface area (Å²) in [4.78, 5) is 15.7. The quantitative estimate of drug-likeness (QED) is 0.808. The second kappa shape index (κ2) is 6.29. The number of aryl methyl sites for hydroxylation is 1. The first-order valence-corrected chi connectivity index (χ1v) is 7.79. The highest BCUT2D eigenvalue weighted by molar-refractivity contribution is 6.08. The van der Waals surface area contributed by atoms with E-state index in [-0.39, 0.29) is 23.7 Å². The molecule has 0 spiro atoms. The number of amides is 1. The summed E-state index contributed by atoms with van der Waals surface area (Å²) in [6, 6.07) is 4.36. The molecule has 6 heteroatoms. The maximum Gasteiger partial charge on any atom is 0.253 e. The van der Waals surface area contributed by atoms with Gasteiger partial charge in [0.2, 0.25) is 0 Å². The van der Waals surface area contributed by atoms with E-state index in [4.69, 9.17) is 4.74 Å². The van der Waals surface area contributed by atoms with E-state index in [1.807, 2.05) is 0 Å². The molecule has 1 fully saturated rings. The van der Waals surface area contributed by atoms with Crippen molar-refractivity contribution in [3.63, 3.8) is 0 Å². The number of aromatic nitrogens is 1. The van der Waals surface area contributed by atoms with Crippen LogP contribution in [0.25, 0.3) is 10.9 Å². The summed E-state index contributed by atoms with van der Waals surface area (Å²) in [5.41, 5.74) is 1.56. The Kier molecular flexibility index (Phi) is 4.37. The Bertz CT molecular complexity index is 720. The molecule has 0 aliphatic carbocycles. The van der Waals surface area contributed by atoms with Crippen molar-refractivity contribution in [2.24, 2.45) is 5.41 Å². The number of aliphatic hydroxyl groups excluding tert-OH is 1. The summed E-state index contributed by atoms with van der Waals surface area (Å²) in [5.74, 6) is -0.625. The van der Waals surface area contributed by atoms with Gasteiger partial charge in [0.25, 0.3) is 5.91 Å². The van der Waals surface area contributed by atoms with Crippen LogP contribution in [0.4, 0.5) is 4.39 Å². The Balaban J connectivity index is 1.81. The molecule has 1 amide bonds. The third kappa shape index (κ3) is 3.09.